The number of halogens is 1. The highest BCUT2D eigenvalue weighted by atomic mass is 35.5. The molecule has 16 heavy (non-hydrogen) atoms. The summed E-state index contributed by atoms with van der Waals surface area (Å²) in [4.78, 5) is 0. The van der Waals surface area contributed by atoms with Crippen LogP contribution in [0.5, 0.6) is 0 Å². The first kappa shape index (κ1) is 14.2. The molecule has 1 saturated carbocycles. The standard InChI is InChI=1S/C9H19N3O2S.ClH/c10-8-4-6-12(7-5-8)15(13,14)11-9-2-1-3-9;/h8-9,11H,1-7,10H2;1H. The number of rotatable bonds is 3. The van der Waals surface area contributed by atoms with Crippen LogP contribution in [0, 0.1) is 0 Å². The summed E-state index contributed by atoms with van der Waals surface area (Å²) in [7, 11) is -3.24. The van der Waals surface area contributed by atoms with Crippen LogP contribution in [0.4, 0.5) is 0 Å². The van der Waals surface area contributed by atoms with Crippen LogP contribution in [0.25, 0.3) is 0 Å². The molecule has 0 spiro atoms. The Bertz CT molecular complexity index is 311. The Balaban J connectivity index is 0.00000128. The van der Waals surface area contributed by atoms with E-state index in [2.05, 4.69) is 4.72 Å². The van der Waals surface area contributed by atoms with Crippen molar-refractivity contribution >= 4 is 22.6 Å². The van der Waals surface area contributed by atoms with Gasteiger partial charge < -0.3 is 5.73 Å². The summed E-state index contributed by atoms with van der Waals surface area (Å²) in [6.07, 6.45) is 4.63. The van der Waals surface area contributed by atoms with E-state index in [4.69, 9.17) is 5.73 Å². The van der Waals surface area contributed by atoms with Gasteiger partial charge in [0.1, 0.15) is 0 Å². The molecule has 5 nitrogen and oxygen atoms in total. The molecule has 1 saturated heterocycles. The van der Waals surface area contributed by atoms with Gasteiger partial charge in [-0.2, -0.15) is 17.4 Å². The second-order valence-corrected chi connectivity index (χ2v) is 6.19. The predicted octanol–water partition coefficient (Wildman–Crippen LogP) is 0.218. The molecule has 2 rings (SSSR count). The Hall–Kier alpha value is 0.120. The molecule has 2 fully saturated rings. The lowest BCUT2D eigenvalue weighted by molar-refractivity contribution is 0.304. The van der Waals surface area contributed by atoms with Gasteiger partial charge in [-0.15, -0.1) is 12.4 Å². The molecule has 0 aromatic carbocycles. The highest BCUT2D eigenvalue weighted by Gasteiger charge is 2.30. The first-order valence-corrected chi connectivity index (χ1v) is 7.05. The van der Waals surface area contributed by atoms with Gasteiger partial charge in [0, 0.05) is 25.2 Å². The van der Waals surface area contributed by atoms with Gasteiger partial charge >= 0.3 is 0 Å². The molecule has 1 heterocycles. The summed E-state index contributed by atoms with van der Waals surface area (Å²) >= 11 is 0. The van der Waals surface area contributed by atoms with Crippen LogP contribution in [0.1, 0.15) is 32.1 Å². The van der Waals surface area contributed by atoms with Gasteiger partial charge in [-0.1, -0.05) is 6.42 Å². The summed E-state index contributed by atoms with van der Waals surface area (Å²) in [6.45, 7) is 1.12. The van der Waals surface area contributed by atoms with E-state index in [1.165, 1.54) is 4.31 Å². The highest BCUT2D eigenvalue weighted by molar-refractivity contribution is 7.87. The Morgan fingerprint density at radius 2 is 1.69 bits per heavy atom. The fourth-order valence-electron chi connectivity index (χ4n) is 1.93. The van der Waals surface area contributed by atoms with Gasteiger partial charge in [0.15, 0.2) is 0 Å². The third-order valence-electron chi connectivity index (χ3n) is 3.26. The van der Waals surface area contributed by atoms with E-state index in [0.717, 1.165) is 32.1 Å². The molecule has 0 atom stereocenters. The Kier molecular flexibility index (Phi) is 5.00. The summed E-state index contributed by atoms with van der Waals surface area (Å²) in [5.74, 6) is 0. The normalized spacial score (nSPS) is 24.8. The SMILES string of the molecule is Cl.NC1CCN(S(=O)(=O)NC2CCC2)CC1. The van der Waals surface area contributed by atoms with Gasteiger partial charge in [0.2, 0.25) is 0 Å². The molecule has 7 heteroatoms. The topological polar surface area (TPSA) is 75.4 Å². The van der Waals surface area contributed by atoms with Crippen LogP contribution in [0.15, 0.2) is 0 Å². The molecular formula is C9H20ClN3O2S. The maximum Gasteiger partial charge on any atom is 0.279 e. The number of nitrogens with zero attached hydrogens (tertiary/aromatic N) is 1. The molecule has 0 aromatic heterocycles. The van der Waals surface area contributed by atoms with Crippen molar-refractivity contribution in [1.82, 2.24) is 9.03 Å². The average Bonchev–Trinajstić information content (AvgIpc) is 2.13. The van der Waals surface area contributed by atoms with Crippen LogP contribution >= 0.6 is 12.4 Å². The zero-order valence-electron chi connectivity index (χ0n) is 9.26. The fraction of sp³-hybridized carbons (Fsp3) is 1.00. The second-order valence-electron chi connectivity index (χ2n) is 4.49. The third kappa shape index (κ3) is 3.30. The minimum Gasteiger partial charge on any atom is -0.328 e. The average molecular weight is 270 g/mol. The monoisotopic (exact) mass is 269 g/mol. The number of nitrogens with one attached hydrogen (secondary N) is 1. The number of nitrogens with two attached hydrogens (primary N) is 1. The van der Waals surface area contributed by atoms with Gasteiger partial charge in [-0.25, -0.2) is 0 Å². The maximum atomic E-state index is 11.9. The van der Waals surface area contributed by atoms with Crippen LogP contribution in [-0.4, -0.2) is 37.9 Å². The molecule has 0 amide bonds. The molecule has 96 valence electrons. The van der Waals surface area contributed by atoms with E-state index in [-0.39, 0.29) is 24.5 Å². The summed E-state index contributed by atoms with van der Waals surface area (Å²) in [6, 6.07) is 0.339. The minimum atomic E-state index is -3.24. The fourth-order valence-corrected chi connectivity index (χ4v) is 3.42. The van der Waals surface area contributed by atoms with Crippen molar-refractivity contribution in [2.75, 3.05) is 13.1 Å². The lowest BCUT2D eigenvalue weighted by Gasteiger charge is -2.33. The zero-order valence-corrected chi connectivity index (χ0v) is 10.9. The van der Waals surface area contributed by atoms with Crippen molar-refractivity contribution in [3.05, 3.63) is 0 Å². The van der Waals surface area contributed by atoms with E-state index in [9.17, 15) is 8.42 Å². The highest BCUT2D eigenvalue weighted by Crippen LogP contribution is 2.20. The number of hydrogen-bond donors (Lipinski definition) is 2. The van der Waals surface area contributed by atoms with E-state index < -0.39 is 10.2 Å². The van der Waals surface area contributed by atoms with Gasteiger partial charge in [-0.3, -0.25) is 0 Å². The van der Waals surface area contributed by atoms with Crippen LogP contribution < -0.4 is 10.5 Å². The second kappa shape index (κ2) is 5.64. The number of hydrogen-bond acceptors (Lipinski definition) is 3. The lowest BCUT2D eigenvalue weighted by atomic mass is 9.94. The lowest BCUT2D eigenvalue weighted by Crippen LogP contribution is -2.51. The van der Waals surface area contributed by atoms with Crippen molar-refractivity contribution in [3.63, 3.8) is 0 Å². The van der Waals surface area contributed by atoms with Gasteiger partial charge in [-0.05, 0) is 25.7 Å². The van der Waals surface area contributed by atoms with Gasteiger partial charge in [0.05, 0.1) is 0 Å². The minimum absolute atomic E-state index is 0. The molecule has 0 aromatic rings. The van der Waals surface area contributed by atoms with Crippen molar-refractivity contribution < 1.29 is 8.42 Å². The molecule has 0 bridgehead atoms. The Labute approximate surface area is 103 Å². The maximum absolute atomic E-state index is 11.9. The van der Waals surface area contributed by atoms with Crippen molar-refractivity contribution in [3.8, 4) is 0 Å². The first-order chi connectivity index (χ1) is 7.08. The summed E-state index contributed by atoms with van der Waals surface area (Å²) in [5, 5.41) is 0. The van der Waals surface area contributed by atoms with Crippen LogP contribution in [0.2, 0.25) is 0 Å². The summed E-state index contributed by atoms with van der Waals surface area (Å²) < 4.78 is 28.0. The molecule has 0 unspecified atom stereocenters. The zero-order chi connectivity index (χ0) is 10.9. The van der Waals surface area contributed by atoms with E-state index in [0.29, 0.717) is 13.1 Å². The van der Waals surface area contributed by atoms with E-state index in [1.54, 1.807) is 0 Å². The molecule has 3 N–H and O–H groups in total. The molecule has 1 aliphatic carbocycles. The predicted molar refractivity (Wildman–Crippen MR) is 65.7 cm³/mol. The smallest absolute Gasteiger partial charge is 0.279 e. The van der Waals surface area contributed by atoms with E-state index in [1.807, 2.05) is 0 Å². The molecular weight excluding hydrogens is 250 g/mol. The Morgan fingerprint density at radius 1 is 1.12 bits per heavy atom. The van der Waals surface area contributed by atoms with Gasteiger partial charge in [0.25, 0.3) is 10.2 Å². The van der Waals surface area contributed by atoms with E-state index >= 15 is 0 Å². The summed E-state index contributed by atoms with van der Waals surface area (Å²) in [5.41, 5.74) is 5.74. The molecule has 1 aliphatic heterocycles. The quantitative estimate of drug-likeness (QED) is 0.770. The largest absolute Gasteiger partial charge is 0.328 e. The van der Waals surface area contributed by atoms with Crippen molar-refractivity contribution in [1.29, 1.82) is 0 Å². The molecule has 2 aliphatic rings. The van der Waals surface area contributed by atoms with Crippen LogP contribution in [0.3, 0.4) is 0 Å². The third-order valence-corrected chi connectivity index (χ3v) is 4.94. The van der Waals surface area contributed by atoms with Crippen LogP contribution in [-0.2, 0) is 10.2 Å². The van der Waals surface area contributed by atoms with Crippen molar-refractivity contribution in [2.24, 2.45) is 5.73 Å². The van der Waals surface area contributed by atoms with Crippen molar-refractivity contribution in [2.45, 2.75) is 44.2 Å². The number of piperidine rings is 1. The molecule has 0 radical (unpaired) electrons. The Morgan fingerprint density at radius 3 is 2.12 bits per heavy atom. The first-order valence-electron chi connectivity index (χ1n) is 5.61.